The van der Waals surface area contributed by atoms with Gasteiger partial charge in [-0.25, -0.2) is 0 Å². The van der Waals surface area contributed by atoms with Crippen LogP contribution in [0.2, 0.25) is 0 Å². The molecule has 3 aromatic rings. The summed E-state index contributed by atoms with van der Waals surface area (Å²) in [7, 11) is 1.55. The van der Waals surface area contributed by atoms with Crippen molar-refractivity contribution >= 4 is 29.1 Å². The quantitative estimate of drug-likeness (QED) is 0.580. The lowest BCUT2D eigenvalue weighted by molar-refractivity contribution is -0.137. The molecule has 1 aliphatic heterocycles. The first kappa shape index (κ1) is 19.0. The molecule has 0 saturated heterocycles. The summed E-state index contributed by atoms with van der Waals surface area (Å²) in [5.74, 6) is -0.0894. The second kappa shape index (κ2) is 8.32. The summed E-state index contributed by atoms with van der Waals surface area (Å²) in [5.41, 5.74) is 1.77. The van der Waals surface area contributed by atoms with Gasteiger partial charge in [0, 0.05) is 22.9 Å². The number of hydrogen-bond donors (Lipinski definition) is 0. The number of rotatable bonds is 6. The molecular weight excluding hydrogens is 384 g/mol. The van der Waals surface area contributed by atoms with Gasteiger partial charge in [0.15, 0.2) is 0 Å². The molecule has 0 radical (unpaired) electrons. The largest absolute Gasteiger partial charge is 0.496 e. The molecule has 0 spiro atoms. The van der Waals surface area contributed by atoms with Gasteiger partial charge in [0.25, 0.3) is 11.8 Å². The SMILES string of the molecule is COc1ccccc1C1=C(Sc2ccccc2)C(=O)N(Cc2cccnc2)C1=O. The lowest BCUT2D eigenvalue weighted by atomic mass is 10.0. The van der Waals surface area contributed by atoms with Gasteiger partial charge in [0.05, 0.1) is 24.1 Å². The summed E-state index contributed by atoms with van der Waals surface area (Å²) < 4.78 is 5.46. The number of imide groups is 1. The zero-order chi connectivity index (χ0) is 20.2. The number of hydrogen-bond acceptors (Lipinski definition) is 5. The molecule has 144 valence electrons. The van der Waals surface area contributed by atoms with Crippen molar-refractivity contribution in [1.82, 2.24) is 9.88 Å². The molecule has 0 atom stereocenters. The Bertz CT molecular complexity index is 1080. The van der Waals surface area contributed by atoms with Crippen LogP contribution in [0.1, 0.15) is 11.1 Å². The topological polar surface area (TPSA) is 59.5 Å². The molecule has 0 bridgehead atoms. The molecule has 6 heteroatoms. The number of ether oxygens (including phenoxy) is 1. The highest BCUT2D eigenvalue weighted by Gasteiger charge is 2.40. The molecule has 0 fully saturated rings. The summed E-state index contributed by atoms with van der Waals surface area (Å²) in [5, 5.41) is 0. The number of aromatic nitrogens is 1. The van der Waals surface area contributed by atoms with Crippen LogP contribution in [0.15, 0.2) is 88.9 Å². The van der Waals surface area contributed by atoms with Crippen LogP contribution in [0.25, 0.3) is 5.57 Å². The fourth-order valence-electron chi connectivity index (χ4n) is 3.16. The summed E-state index contributed by atoms with van der Waals surface area (Å²) in [4.78, 5) is 33.3. The normalized spacial score (nSPS) is 13.9. The maximum absolute atomic E-state index is 13.3. The van der Waals surface area contributed by atoms with Crippen molar-refractivity contribution in [2.24, 2.45) is 0 Å². The van der Waals surface area contributed by atoms with Crippen molar-refractivity contribution in [1.29, 1.82) is 0 Å². The number of thioether (sulfide) groups is 1. The highest BCUT2D eigenvalue weighted by atomic mass is 32.2. The van der Waals surface area contributed by atoms with Crippen molar-refractivity contribution in [3.8, 4) is 5.75 Å². The number of amides is 2. The van der Waals surface area contributed by atoms with E-state index in [2.05, 4.69) is 4.98 Å². The predicted octanol–water partition coefficient (Wildman–Crippen LogP) is 4.16. The Hall–Kier alpha value is -3.38. The van der Waals surface area contributed by atoms with Crippen LogP contribution in [0.3, 0.4) is 0 Å². The Labute approximate surface area is 173 Å². The third-order valence-corrected chi connectivity index (χ3v) is 5.62. The van der Waals surface area contributed by atoms with E-state index in [-0.39, 0.29) is 18.4 Å². The van der Waals surface area contributed by atoms with E-state index in [0.29, 0.717) is 21.8 Å². The number of nitrogens with zero attached hydrogens (tertiary/aromatic N) is 2. The molecule has 0 saturated carbocycles. The maximum atomic E-state index is 13.3. The van der Waals surface area contributed by atoms with E-state index in [1.165, 1.54) is 16.7 Å². The third-order valence-electron chi connectivity index (χ3n) is 4.53. The Morgan fingerprint density at radius 1 is 0.931 bits per heavy atom. The summed E-state index contributed by atoms with van der Waals surface area (Å²) in [6, 6.07) is 20.4. The van der Waals surface area contributed by atoms with Crippen LogP contribution >= 0.6 is 11.8 Å². The minimum absolute atomic E-state index is 0.170. The van der Waals surface area contributed by atoms with Crippen LogP contribution in [0.5, 0.6) is 5.75 Å². The molecule has 0 unspecified atom stereocenters. The number of benzene rings is 2. The minimum Gasteiger partial charge on any atom is -0.496 e. The summed E-state index contributed by atoms with van der Waals surface area (Å²) in [6.07, 6.45) is 3.32. The average Bonchev–Trinajstić information content (AvgIpc) is 2.99. The zero-order valence-corrected chi connectivity index (χ0v) is 16.6. The Balaban J connectivity index is 1.78. The van der Waals surface area contributed by atoms with Gasteiger partial charge in [-0.2, -0.15) is 0 Å². The first-order valence-electron chi connectivity index (χ1n) is 9.04. The molecule has 29 heavy (non-hydrogen) atoms. The van der Waals surface area contributed by atoms with Crippen molar-refractivity contribution in [2.45, 2.75) is 11.4 Å². The van der Waals surface area contributed by atoms with Crippen molar-refractivity contribution in [3.63, 3.8) is 0 Å². The minimum atomic E-state index is -0.332. The molecule has 0 aliphatic carbocycles. The Morgan fingerprint density at radius 3 is 2.41 bits per heavy atom. The van der Waals surface area contributed by atoms with Crippen LogP contribution < -0.4 is 4.74 Å². The molecule has 5 nitrogen and oxygen atoms in total. The number of para-hydroxylation sites is 1. The van der Waals surface area contributed by atoms with Gasteiger partial charge >= 0.3 is 0 Å². The number of carbonyl (C=O) groups is 2. The van der Waals surface area contributed by atoms with Gasteiger partial charge in [0.2, 0.25) is 0 Å². The second-order valence-electron chi connectivity index (χ2n) is 6.38. The van der Waals surface area contributed by atoms with Crippen molar-refractivity contribution in [3.05, 3.63) is 95.2 Å². The molecule has 1 aromatic heterocycles. The lowest BCUT2D eigenvalue weighted by Crippen LogP contribution is -2.31. The van der Waals surface area contributed by atoms with Crippen LogP contribution in [0, 0.1) is 0 Å². The monoisotopic (exact) mass is 402 g/mol. The fraction of sp³-hybridized carbons (Fsp3) is 0.0870. The van der Waals surface area contributed by atoms with E-state index in [9.17, 15) is 9.59 Å². The molecule has 0 N–H and O–H groups in total. The lowest BCUT2D eigenvalue weighted by Gasteiger charge is -2.15. The van der Waals surface area contributed by atoms with E-state index in [1.807, 2.05) is 48.5 Å². The predicted molar refractivity (Wildman–Crippen MR) is 112 cm³/mol. The van der Waals surface area contributed by atoms with E-state index < -0.39 is 0 Å². The fourth-order valence-corrected chi connectivity index (χ4v) is 4.19. The van der Waals surface area contributed by atoms with Gasteiger partial charge in [-0.15, -0.1) is 0 Å². The van der Waals surface area contributed by atoms with Crippen LogP contribution in [-0.2, 0) is 16.1 Å². The molecular formula is C23H18N2O3S. The molecule has 4 rings (SSSR count). The molecule has 2 amide bonds. The second-order valence-corrected chi connectivity index (χ2v) is 7.46. The molecule has 1 aliphatic rings. The first-order valence-corrected chi connectivity index (χ1v) is 9.86. The number of methoxy groups -OCH3 is 1. The standard InChI is InChI=1S/C23H18N2O3S/c1-28-19-12-6-5-11-18(19)20-21(29-17-9-3-2-4-10-17)23(27)25(22(20)26)15-16-8-7-13-24-14-16/h2-14H,15H2,1H3. The molecule has 2 heterocycles. The Kier molecular flexibility index (Phi) is 5.44. The number of pyridine rings is 1. The molecule has 2 aromatic carbocycles. The zero-order valence-electron chi connectivity index (χ0n) is 15.7. The van der Waals surface area contributed by atoms with Crippen LogP contribution in [-0.4, -0.2) is 28.8 Å². The summed E-state index contributed by atoms with van der Waals surface area (Å²) >= 11 is 1.30. The van der Waals surface area contributed by atoms with E-state index in [0.717, 1.165) is 10.5 Å². The third kappa shape index (κ3) is 3.79. The highest BCUT2D eigenvalue weighted by Crippen LogP contribution is 2.42. The van der Waals surface area contributed by atoms with Crippen molar-refractivity contribution < 1.29 is 14.3 Å². The van der Waals surface area contributed by atoms with E-state index in [4.69, 9.17) is 4.74 Å². The Morgan fingerprint density at radius 2 is 1.69 bits per heavy atom. The first-order chi connectivity index (χ1) is 14.2. The van der Waals surface area contributed by atoms with Gasteiger partial charge in [-0.1, -0.05) is 54.2 Å². The van der Waals surface area contributed by atoms with Crippen LogP contribution in [0.4, 0.5) is 0 Å². The smallest absolute Gasteiger partial charge is 0.268 e. The van der Waals surface area contributed by atoms with E-state index >= 15 is 0 Å². The van der Waals surface area contributed by atoms with Gasteiger partial charge in [-0.05, 0) is 29.8 Å². The van der Waals surface area contributed by atoms with Crippen molar-refractivity contribution in [2.75, 3.05) is 7.11 Å². The van der Waals surface area contributed by atoms with Gasteiger partial charge in [0.1, 0.15) is 5.75 Å². The maximum Gasteiger partial charge on any atom is 0.268 e. The average molecular weight is 402 g/mol. The van der Waals surface area contributed by atoms with E-state index in [1.54, 1.807) is 37.7 Å². The number of carbonyl (C=O) groups excluding carboxylic acids is 2. The van der Waals surface area contributed by atoms with Gasteiger partial charge in [-0.3, -0.25) is 19.5 Å². The highest BCUT2D eigenvalue weighted by molar-refractivity contribution is 8.04. The summed E-state index contributed by atoms with van der Waals surface area (Å²) in [6.45, 7) is 0.170. The van der Waals surface area contributed by atoms with Gasteiger partial charge < -0.3 is 4.74 Å².